The smallest absolute Gasteiger partial charge is 0.0274 e. The molecule has 0 saturated heterocycles. The van der Waals surface area contributed by atoms with Gasteiger partial charge in [-0.1, -0.05) is 110 Å². The van der Waals surface area contributed by atoms with E-state index in [1.165, 1.54) is 82.7 Å². The molecule has 0 heterocycles. The van der Waals surface area contributed by atoms with Crippen LogP contribution in [-0.4, -0.2) is 5.43 Å². The maximum absolute atomic E-state index is 2.35. The van der Waals surface area contributed by atoms with Gasteiger partial charge in [0.2, 0.25) is 0 Å². The van der Waals surface area contributed by atoms with Crippen LogP contribution in [-0.2, 0) is 23.3 Å². The number of benzene rings is 4. The van der Waals surface area contributed by atoms with Crippen LogP contribution in [0.25, 0.3) is 43.8 Å². The van der Waals surface area contributed by atoms with Crippen molar-refractivity contribution in [1.29, 1.82) is 0 Å². The Bertz CT molecular complexity index is 1860. The fourth-order valence-corrected chi connectivity index (χ4v) is 5.94. The molecule has 0 radical (unpaired) electrons. The zero-order chi connectivity index (χ0) is 31.4. The third-order valence-corrected chi connectivity index (χ3v) is 7.75. The summed E-state index contributed by atoms with van der Waals surface area (Å²) in [6, 6.07) is 33.9. The van der Waals surface area contributed by atoms with Crippen molar-refractivity contribution in [1.82, 2.24) is 0 Å². The van der Waals surface area contributed by atoms with Crippen molar-refractivity contribution in [2.75, 3.05) is 0 Å². The van der Waals surface area contributed by atoms with Gasteiger partial charge in [-0.05, 0) is 44.7 Å². The van der Waals surface area contributed by atoms with Crippen LogP contribution in [0.5, 0.6) is 0 Å². The predicted molar refractivity (Wildman–Crippen MR) is 190 cm³/mol. The largest absolute Gasteiger partial charge is 1.00 e. The van der Waals surface area contributed by atoms with E-state index in [9.17, 15) is 0 Å². The van der Waals surface area contributed by atoms with Gasteiger partial charge in [-0.15, -0.1) is 68.6 Å². The van der Waals surface area contributed by atoms with E-state index in [4.69, 9.17) is 0 Å². The van der Waals surface area contributed by atoms with Gasteiger partial charge in [0.05, 0.1) is 0 Å². The number of aryl methyl sites for hydroxylation is 6. The minimum atomic E-state index is 0. The van der Waals surface area contributed by atoms with Crippen molar-refractivity contribution in [2.45, 2.75) is 74.4 Å². The molecule has 234 valence electrons. The standard InChI is InChI=1S/C20H21.C19H19.C2H6Si.2ClH.Zr/c1-13(2)17-11-16-6-5-7-19(20(16)12-17)18-9-14(3)8-15(4)10-18;1-12-7-13(2)9-16(8-12)17-6-5-15(4)18-10-14(3)11-19(17)18;1-3-2;;;/h5-13H,1-4H3;5-11H,1-4H3;1-2H3;2*1H;/q2*-1;;;;+2/p-2. The molecule has 0 aliphatic carbocycles. The summed E-state index contributed by atoms with van der Waals surface area (Å²) in [4.78, 5) is 0. The third-order valence-electron chi connectivity index (χ3n) is 7.75. The summed E-state index contributed by atoms with van der Waals surface area (Å²) in [6.45, 7) is 22.2. The van der Waals surface area contributed by atoms with E-state index in [-0.39, 0.29) is 30.2 Å². The molecule has 0 fully saturated rings. The van der Waals surface area contributed by atoms with Crippen LogP contribution in [0.15, 0.2) is 91.0 Å². The summed E-state index contributed by atoms with van der Waals surface area (Å²) in [5, 5.41) is 5.49. The van der Waals surface area contributed by atoms with Crippen molar-refractivity contribution in [3.63, 3.8) is 0 Å². The first-order valence-corrected chi connectivity index (χ1v) is 21.6. The van der Waals surface area contributed by atoms with Crippen LogP contribution in [0.3, 0.4) is 0 Å². The summed E-state index contributed by atoms with van der Waals surface area (Å²) in [5.41, 5.74) is 15.0. The van der Waals surface area contributed by atoms with Crippen LogP contribution >= 0.6 is 0 Å². The molecule has 0 spiro atoms. The normalized spacial score (nSPS) is 10.4. The zero-order valence-electron chi connectivity index (χ0n) is 28.5. The maximum atomic E-state index is 2.35. The average Bonchev–Trinajstić information content (AvgIpc) is 3.52. The van der Waals surface area contributed by atoms with E-state index in [1.807, 2.05) is 0 Å². The van der Waals surface area contributed by atoms with Gasteiger partial charge in [0.25, 0.3) is 0 Å². The molecule has 0 aliphatic heterocycles. The number of fused-ring (bicyclic) bond motifs is 2. The molecule has 6 aromatic carbocycles. The van der Waals surface area contributed by atoms with Crippen molar-refractivity contribution < 1.29 is 48.1 Å². The topological polar surface area (TPSA) is 0 Å². The molecule has 6 rings (SSSR count). The second kappa shape index (κ2) is 17.1. The van der Waals surface area contributed by atoms with E-state index < -0.39 is 0 Å². The SMILES string of the molecule is C[Si](C)=[Zr+2].Cc1cc(C)cc(-c2ccc(C)c3[cH-]c(C)cc23)c1.Cc1cc(C)cc(-c2cccc3[cH-]c(C(C)C)cc23)c1.[Cl-].[Cl-]. The summed E-state index contributed by atoms with van der Waals surface area (Å²) < 4.78 is 0. The molecule has 0 unspecified atom stereocenters. The Kier molecular flexibility index (Phi) is 14.8. The van der Waals surface area contributed by atoms with E-state index in [1.54, 1.807) is 23.3 Å². The first-order valence-electron chi connectivity index (χ1n) is 15.4. The van der Waals surface area contributed by atoms with Crippen molar-refractivity contribution in [2.24, 2.45) is 0 Å². The molecule has 0 atom stereocenters. The van der Waals surface area contributed by atoms with E-state index in [2.05, 4.69) is 159 Å². The molecule has 45 heavy (non-hydrogen) atoms. The molecule has 0 amide bonds. The predicted octanol–water partition coefficient (Wildman–Crippen LogP) is 6.22. The Morgan fingerprint density at radius 3 is 1.58 bits per heavy atom. The third kappa shape index (κ3) is 10.1. The zero-order valence-corrected chi connectivity index (χ0v) is 33.5. The summed E-state index contributed by atoms with van der Waals surface area (Å²) in [7, 11) is 0. The minimum Gasteiger partial charge on any atom is -1.00 e. The second-order valence-corrected chi connectivity index (χ2v) is 22.2. The summed E-state index contributed by atoms with van der Waals surface area (Å²) in [6.07, 6.45) is 0. The molecular weight excluding hydrogens is 683 g/mol. The molecule has 0 N–H and O–H groups in total. The molecule has 0 saturated carbocycles. The molecule has 0 nitrogen and oxygen atoms in total. The van der Waals surface area contributed by atoms with Crippen molar-refractivity contribution in [3.8, 4) is 22.3 Å². The van der Waals surface area contributed by atoms with Crippen molar-refractivity contribution in [3.05, 3.63) is 130 Å². The molecule has 6 aromatic rings. The number of rotatable bonds is 3. The Morgan fingerprint density at radius 1 is 0.600 bits per heavy atom. The Balaban J connectivity index is 0.000000270. The van der Waals surface area contributed by atoms with Crippen LogP contribution in [0, 0.1) is 41.5 Å². The minimum absolute atomic E-state index is 0. The van der Waals surface area contributed by atoms with Crippen molar-refractivity contribution >= 4 is 27.0 Å². The first-order chi connectivity index (χ1) is 20.3. The van der Waals surface area contributed by atoms with Gasteiger partial charge in [-0.25, -0.2) is 0 Å². The van der Waals surface area contributed by atoms with Crippen LogP contribution in [0.1, 0.15) is 58.7 Å². The monoisotopic (exact) mass is 726 g/mol. The Hall–Kier alpha value is -2.22. The Labute approximate surface area is 299 Å². The van der Waals surface area contributed by atoms with Gasteiger partial charge in [-0.3, -0.25) is 0 Å². The summed E-state index contributed by atoms with van der Waals surface area (Å²) >= 11 is 1.74. The summed E-state index contributed by atoms with van der Waals surface area (Å²) in [5.74, 6) is 0.578. The van der Waals surface area contributed by atoms with E-state index in [0.717, 1.165) is 0 Å². The molecule has 0 aromatic heterocycles. The average molecular weight is 729 g/mol. The van der Waals surface area contributed by atoms with Crippen LogP contribution in [0.2, 0.25) is 13.1 Å². The number of halogens is 2. The van der Waals surface area contributed by atoms with Gasteiger partial charge in [0.15, 0.2) is 0 Å². The van der Waals surface area contributed by atoms with Gasteiger partial charge in [-0.2, -0.15) is 12.1 Å². The molecule has 0 aliphatic rings. The van der Waals surface area contributed by atoms with Gasteiger partial charge >= 0.3 is 41.9 Å². The van der Waals surface area contributed by atoms with Gasteiger partial charge in [0.1, 0.15) is 0 Å². The Morgan fingerprint density at radius 2 is 1.09 bits per heavy atom. The van der Waals surface area contributed by atoms with E-state index >= 15 is 0 Å². The molecular formula is C41H46Cl2SiZr-2. The van der Waals surface area contributed by atoms with Crippen LogP contribution < -0.4 is 24.8 Å². The number of hydrogen-bond acceptors (Lipinski definition) is 0. The first kappa shape index (κ1) is 39.0. The van der Waals surface area contributed by atoms with E-state index in [0.29, 0.717) is 5.92 Å². The fraction of sp³-hybridized carbons (Fsp3) is 0.268. The fourth-order valence-electron chi connectivity index (χ4n) is 5.94. The quantitative estimate of drug-likeness (QED) is 0.150. The second-order valence-electron chi connectivity index (χ2n) is 12.8. The molecule has 4 heteroatoms. The van der Waals surface area contributed by atoms with Gasteiger partial charge < -0.3 is 24.8 Å². The number of hydrogen-bond donors (Lipinski definition) is 0. The van der Waals surface area contributed by atoms with Crippen LogP contribution in [0.4, 0.5) is 0 Å². The maximum Gasteiger partial charge on any atom is -0.0274 e. The molecule has 0 bridgehead atoms. The van der Waals surface area contributed by atoms with Gasteiger partial charge in [0, 0.05) is 0 Å².